The standard InChI is InChI=1S/C22H32N2O5S/c1-2-3-6-17-9-11-18(12-10-17)30(28,29)24-15-13-23(14-16-24)21(25)19-7-4-5-8-20(19)22(26)27/h9-12,19-20H,2-8,13-16H2,1H3,(H,26,27)/t19-,20+/m0/s1. The number of hydrogen-bond donors (Lipinski definition) is 1. The maximum atomic E-state index is 13.0. The molecular weight excluding hydrogens is 404 g/mol. The summed E-state index contributed by atoms with van der Waals surface area (Å²) in [6.45, 7) is 3.19. The lowest BCUT2D eigenvalue weighted by Crippen LogP contribution is -2.53. The van der Waals surface area contributed by atoms with Crippen molar-refractivity contribution in [2.45, 2.75) is 56.8 Å². The van der Waals surface area contributed by atoms with Crippen LogP contribution in [0.3, 0.4) is 0 Å². The van der Waals surface area contributed by atoms with Gasteiger partial charge in [0.15, 0.2) is 0 Å². The Morgan fingerprint density at radius 2 is 1.60 bits per heavy atom. The number of carboxylic acid groups (broad SMARTS) is 1. The van der Waals surface area contributed by atoms with E-state index < -0.39 is 27.8 Å². The minimum absolute atomic E-state index is 0.139. The number of aryl methyl sites for hydroxylation is 1. The first kappa shape index (κ1) is 22.7. The third-order valence-corrected chi connectivity index (χ3v) is 8.24. The van der Waals surface area contributed by atoms with Gasteiger partial charge < -0.3 is 10.0 Å². The van der Waals surface area contributed by atoms with Crippen molar-refractivity contribution in [1.82, 2.24) is 9.21 Å². The van der Waals surface area contributed by atoms with Gasteiger partial charge in [-0.1, -0.05) is 38.3 Å². The van der Waals surface area contributed by atoms with E-state index in [-0.39, 0.29) is 23.9 Å². The van der Waals surface area contributed by atoms with E-state index in [1.807, 2.05) is 12.1 Å². The van der Waals surface area contributed by atoms with E-state index in [0.717, 1.165) is 37.7 Å². The van der Waals surface area contributed by atoms with Gasteiger partial charge in [0.2, 0.25) is 15.9 Å². The van der Waals surface area contributed by atoms with Crippen LogP contribution in [-0.4, -0.2) is 60.8 Å². The zero-order valence-electron chi connectivity index (χ0n) is 17.6. The van der Waals surface area contributed by atoms with Crippen molar-refractivity contribution < 1.29 is 23.1 Å². The molecule has 1 aliphatic heterocycles. The van der Waals surface area contributed by atoms with Gasteiger partial charge in [-0.2, -0.15) is 4.31 Å². The molecule has 1 amide bonds. The molecule has 1 aromatic carbocycles. The molecule has 1 saturated carbocycles. The fourth-order valence-electron chi connectivity index (χ4n) is 4.46. The number of aliphatic carboxylic acids is 1. The van der Waals surface area contributed by atoms with E-state index in [0.29, 0.717) is 25.9 Å². The molecule has 3 rings (SSSR count). The highest BCUT2D eigenvalue weighted by Gasteiger charge is 2.39. The largest absolute Gasteiger partial charge is 0.481 e. The van der Waals surface area contributed by atoms with Crippen molar-refractivity contribution in [2.75, 3.05) is 26.2 Å². The molecule has 0 bridgehead atoms. The molecule has 1 N–H and O–H groups in total. The first-order chi connectivity index (χ1) is 14.3. The minimum atomic E-state index is -3.60. The normalized spacial score (nSPS) is 23.3. The van der Waals surface area contributed by atoms with E-state index >= 15 is 0 Å². The molecule has 30 heavy (non-hydrogen) atoms. The molecule has 0 radical (unpaired) electrons. The number of carboxylic acids is 1. The average Bonchev–Trinajstić information content (AvgIpc) is 2.77. The van der Waals surface area contributed by atoms with Gasteiger partial charge in [-0.15, -0.1) is 0 Å². The molecule has 8 heteroatoms. The molecule has 1 aliphatic carbocycles. The van der Waals surface area contributed by atoms with Gasteiger partial charge in [0.1, 0.15) is 0 Å². The summed E-state index contributed by atoms with van der Waals surface area (Å²) in [6.07, 6.45) is 5.94. The molecule has 0 aromatic heterocycles. The zero-order valence-corrected chi connectivity index (χ0v) is 18.4. The van der Waals surface area contributed by atoms with Gasteiger partial charge in [-0.3, -0.25) is 9.59 Å². The van der Waals surface area contributed by atoms with Crippen LogP contribution in [0.15, 0.2) is 29.2 Å². The number of amides is 1. The molecule has 2 fully saturated rings. The SMILES string of the molecule is CCCCc1ccc(S(=O)(=O)N2CCN(C(=O)[C@H]3CCCC[C@H]3C(=O)O)CC2)cc1. The summed E-state index contributed by atoms with van der Waals surface area (Å²) in [5, 5.41) is 9.44. The van der Waals surface area contributed by atoms with Gasteiger partial charge in [-0.05, 0) is 43.4 Å². The predicted molar refractivity (Wildman–Crippen MR) is 113 cm³/mol. The van der Waals surface area contributed by atoms with E-state index in [2.05, 4.69) is 6.92 Å². The highest BCUT2D eigenvalue weighted by Crippen LogP contribution is 2.32. The number of sulfonamides is 1. The lowest BCUT2D eigenvalue weighted by molar-refractivity contribution is -0.152. The summed E-state index contributed by atoms with van der Waals surface area (Å²) in [6, 6.07) is 7.07. The van der Waals surface area contributed by atoms with Crippen molar-refractivity contribution in [3.63, 3.8) is 0 Å². The smallest absolute Gasteiger partial charge is 0.307 e. The Morgan fingerprint density at radius 1 is 1.00 bits per heavy atom. The summed E-state index contributed by atoms with van der Waals surface area (Å²) >= 11 is 0. The number of rotatable bonds is 7. The molecule has 0 unspecified atom stereocenters. The van der Waals surface area contributed by atoms with Crippen LogP contribution < -0.4 is 0 Å². The average molecular weight is 437 g/mol. The summed E-state index contributed by atoms with van der Waals surface area (Å²) in [4.78, 5) is 26.4. The number of carbonyl (C=O) groups excluding carboxylic acids is 1. The zero-order chi connectivity index (χ0) is 21.7. The molecule has 166 valence electrons. The number of piperazine rings is 1. The van der Waals surface area contributed by atoms with Crippen LogP contribution in [0.4, 0.5) is 0 Å². The minimum Gasteiger partial charge on any atom is -0.481 e. The number of nitrogens with zero attached hydrogens (tertiary/aromatic N) is 2. The lowest BCUT2D eigenvalue weighted by atomic mass is 9.78. The van der Waals surface area contributed by atoms with Crippen LogP contribution in [0.2, 0.25) is 0 Å². The molecule has 2 atom stereocenters. The van der Waals surface area contributed by atoms with Crippen LogP contribution in [0, 0.1) is 11.8 Å². The highest BCUT2D eigenvalue weighted by molar-refractivity contribution is 7.89. The third-order valence-electron chi connectivity index (χ3n) is 6.33. The van der Waals surface area contributed by atoms with Crippen molar-refractivity contribution >= 4 is 21.9 Å². The van der Waals surface area contributed by atoms with Gasteiger partial charge >= 0.3 is 5.97 Å². The predicted octanol–water partition coefficient (Wildman–Crippen LogP) is 2.75. The summed E-state index contributed by atoms with van der Waals surface area (Å²) in [5.74, 6) is -2.16. The van der Waals surface area contributed by atoms with Crippen molar-refractivity contribution in [1.29, 1.82) is 0 Å². The van der Waals surface area contributed by atoms with E-state index in [1.165, 1.54) is 4.31 Å². The fraction of sp³-hybridized carbons (Fsp3) is 0.636. The Morgan fingerprint density at radius 3 is 2.17 bits per heavy atom. The van der Waals surface area contributed by atoms with Crippen molar-refractivity contribution in [2.24, 2.45) is 11.8 Å². The summed E-state index contributed by atoms with van der Waals surface area (Å²) in [5.41, 5.74) is 1.13. The first-order valence-corrected chi connectivity index (χ1v) is 12.4. The second-order valence-electron chi connectivity index (χ2n) is 8.31. The van der Waals surface area contributed by atoms with Crippen molar-refractivity contribution in [3.8, 4) is 0 Å². The molecule has 1 aromatic rings. The van der Waals surface area contributed by atoms with E-state index in [1.54, 1.807) is 17.0 Å². The maximum absolute atomic E-state index is 13.0. The van der Waals surface area contributed by atoms with Crippen LogP contribution in [0.1, 0.15) is 51.0 Å². The fourth-order valence-corrected chi connectivity index (χ4v) is 5.89. The number of unbranched alkanes of at least 4 members (excludes halogenated alkanes) is 1. The molecule has 2 aliphatic rings. The van der Waals surface area contributed by atoms with E-state index in [4.69, 9.17) is 0 Å². The Bertz CT molecular complexity index is 845. The van der Waals surface area contributed by atoms with Crippen LogP contribution in [-0.2, 0) is 26.0 Å². The van der Waals surface area contributed by atoms with Gasteiger partial charge in [-0.25, -0.2) is 8.42 Å². The monoisotopic (exact) mass is 436 g/mol. The Balaban J connectivity index is 1.61. The molecule has 0 spiro atoms. The van der Waals surface area contributed by atoms with Gasteiger partial charge in [0.25, 0.3) is 0 Å². The highest BCUT2D eigenvalue weighted by atomic mass is 32.2. The summed E-state index contributed by atoms with van der Waals surface area (Å²) < 4.78 is 27.4. The number of carbonyl (C=O) groups is 2. The second-order valence-corrected chi connectivity index (χ2v) is 10.3. The molecular formula is C22H32N2O5S. The van der Waals surface area contributed by atoms with Crippen molar-refractivity contribution in [3.05, 3.63) is 29.8 Å². The maximum Gasteiger partial charge on any atom is 0.307 e. The molecule has 1 saturated heterocycles. The van der Waals surface area contributed by atoms with Crippen LogP contribution in [0.5, 0.6) is 0 Å². The Hall–Kier alpha value is -1.93. The quantitative estimate of drug-likeness (QED) is 0.709. The van der Waals surface area contributed by atoms with Crippen LogP contribution >= 0.6 is 0 Å². The number of benzene rings is 1. The second kappa shape index (κ2) is 9.92. The molecule has 7 nitrogen and oxygen atoms in total. The topological polar surface area (TPSA) is 95.0 Å². The first-order valence-electron chi connectivity index (χ1n) is 10.9. The molecule has 1 heterocycles. The van der Waals surface area contributed by atoms with E-state index in [9.17, 15) is 23.1 Å². The van der Waals surface area contributed by atoms with Crippen LogP contribution in [0.25, 0.3) is 0 Å². The lowest BCUT2D eigenvalue weighted by Gasteiger charge is -2.38. The Labute approximate surface area is 179 Å². The Kier molecular flexibility index (Phi) is 7.52. The third kappa shape index (κ3) is 5.03. The van der Waals surface area contributed by atoms with Gasteiger partial charge in [0.05, 0.1) is 16.7 Å². The van der Waals surface area contributed by atoms with Gasteiger partial charge in [0, 0.05) is 26.2 Å². The summed E-state index contributed by atoms with van der Waals surface area (Å²) in [7, 11) is -3.60. The number of hydrogen-bond acceptors (Lipinski definition) is 4.